The predicted octanol–water partition coefficient (Wildman–Crippen LogP) is 2.71. The van der Waals surface area contributed by atoms with Crippen LogP contribution in [0.5, 0.6) is 0 Å². The molecule has 14 heavy (non-hydrogen) atoms. The van der Waals surface area contributed by atoms with E-state index in [1.807, 2.05) is 20.4 Å². The standard InChI is InChI=1S/C10H8S2Se.Ru/c1-2-6-9(5-1)11-13-12-10-7-3-4-8-10;/h1-8H;. The zero-order valence-electron chi connectivity index (χ0n) is 7.20. The summed E-state index contributed by atoms with van der Waals surface area (Å²) in [6.07, 6.45) is 17.0. The molecule has 0 bridgehead atoms. The van der Waals surface area contributed by atoms with Crippen LogP contribution in [0.1, 0.15) is 0 Å². The van der Waals surface area contributed by atoms with Gasteiger partial charge in [0, 0.05) is 19.5 Å². The second kappa shape index (κ2) is 8.01. The molecule has 0 N–H and O–H groups in total. The van der Waals surface area contributed by atoms with Crippen LogP contribution in [-0.2, 0) is 19.5 Å². The van der Waals surface area contributed by atoms with Crippen LogP contribution in [0.4, 0.5) is 0 Å². The van der Waals surface area contributed by atoms with E-state index in [0.717, 1.165) is 0 Å². The van der Waals surface area contributed by atoms with Crippen LogP contribution in [0.3, 0.4) is 0 Å². The fraction of sp³-hybridized carbons (Fsp3) is 0. The van der Waals surface area contributed by atoms with Crippen molar-refractivity contribution in [3.8, 4) is 0 Å². The summed E-state index contributed by atoms with van der Waals surface area (Å²) in [5.74, 6) is 0. The fourth-order valence-electron chi connectivity index (χ4n) is 0.919. The van der Waals surface area contributed by atoms with Crippen LogP contribution >= 0.6 is 20.4 Å². The Morgan fingerprint density at radius 3 is 1.43 bits per heavy atom. The number of rotatable bonds is 4. The van der Waals surface area contributed by atoms with E-state index in [1.54, 1.807) is 0 Å². The quantitative estimate of drug-likeness (QED) is 0.696. The molecule has 2 aliphatic rings. The van der Waals surface area contributed by atoms with Gasteiger partial charge in [-0.2, -0.15) is 0 Å². The van der Waals surface area contributed by atoms with Crippen molar-refractivity contribution in [1.82, 2.24) is 0 Å². The van der Waals surface area contributed by atoms with E-state index >= 15 is 0 Å². The van der Waals surface area contributed by atoms with Gasteiger partial charge in [0.15, 0.2) is 0 Å². The third-order valence-corrected chi connectivity index (χ3v) is 7.99. The maximum atomic E-state index is 2.16. The van der Waals surface area contributed by atoms with Crippen molar-refractivity contribution in [1.29, 1.82) is 0 Å². The molecule has 0 heterocycles. The molecule has 2 saturated carbocycles. The summed E-state index contributed by atoms with van der Waals surface area (Å²) in [6, 6.07) is 0. The maximum absolute atomic E-state index is 2.16. The van der Waals surface area contributed by atoms with E-state index in [1.165, 1.54) is 10.5 Å². The van der Waals surface area contributed by atoms with Gasteiger partial charge in [-0.25, -0.2) is 0 Å². The van der Waals surface area contributed by atoms with Crippen LogP contribution in [0, 0.1) is 61.9 Å². The smallest absolute Gasteiger partial charge is 0 e. The second-order valence-electron chi connectivity index (χ2n) is 2.48. The Morgan fingerprint density at radius 1 is 0.714 bits per heavy atom. The molecule has 0 atom stereocenters. The Kier molecular flexibility index (Phi) is 7.96. The molecule has 2 fully saturated rings. The molecule has 0 aromatic heterocycles. The maximum Gasteiger partial charge on any atom is 0 e. The molecular formula is C10H8RuS2Se. The molecule has 0 unspecified atom stereocenters. The van der Waals surface area contributed by atoms with E-state index in [9.17, 15) is 0 Å². The summed E-state index contributed by atoms with van der Waals surface area (Å²) < 4.78 is 0. The minimum Gasteiger partial charge on any atom is 0 e. The van der Waals surface area contributed by atoms with E-state index in [2.05, 4.69) is 51.4 Å². The summed E-state index contributed by atoms with van der Waals surface area (Å²) in [5.41, 5.74) is 0. The molecule has 0 amide bonds. The Labute approximate surface area is 114 Å². The average molecular weight is 372 g/mol. The topological polar surface area (TPSA) is 0 Å². The molecule has 0 aromatic carbocycles. The van der Waals surface area contributed by atoms with Crippen LogP contribution in [0.2, 0.25) is 0 Å². The van der Waals surface area contributed by atoms with Gasteiger partial charge >= 0.3 is 94.9 Å². The Bertz CT molecular complexity index is 129. The third kappa shape index (κ3) is 4.79. The number of hydrogen-bond donors (Lipinski definition) is 0. The Morgan fingerprint density at radius 2 is 1.07 bits per heavy atom. The summed E-state index contributed by atoms with van der Waals surface area (Å²) >= 11 is 0.558. The van der Waals surface area contributed by atoms with Gasteiger partial charge in [0.2, 0.25) is 0 Å². The zero-order valence-corrected chi connectivity index (χ0v) is 12.3. The molecule has 4 heteroatoms. The largest absolute Gasteiger partial charge is 0 e. The minimum atomic E-state index is 0. The first kappa shape index (κ1) is 13.9. The van der Waals surface area contributed by atoms with Crippen molar-refractivity contribution in [3.05, 3.63) is 61.9 Å². The fourth-order valence-corrected chi connectivity index (χ4v) is 7.23. The molecular weight excluding hydrogens is 364 g/mol. The van der Waals surface area contributed by atoms with Crippen molar-refractivity contribution in [2.75, 3.05) is 0 Å². The molecule has 74 valence electrons. The van der Waals surface area contributed by atoms with Gasteiger partial charge in [0.25, 0.3) is 0 Å². The second-order valence-corrected chi connectivity index (χ2v) is 8.96. The number of hydrogen-bond acceptors (Lipinski definition) is 2. The molecule has 0 saturated heterocycles. The molecule has 10 radical (unpaired) electrons. The zero-order chi connectivity index (χ0) is 8.93. The molecule has 2 rings (SSSR count). The van der Waals surface area contributed by atoms with E-state index in [0.29, 0.717) is 12.7 Å². The first-order valence-electron chi connectivity index (χ1n) is 3.90. The van der Waals surface area contributed by atoms with Crippen LogP contribution < -0.4 is 0 Å². The summed E-state index contributed by atoms with van der Waals surface area (Å²) in [5, 5.41) is 2.78. The molecule has 0 aromatic rings. The van der Waals surface area contributed by atoms with Crippen molar-refractivity contribution >= 4 is 33.1 Å². The Balaban J connectivity index is 0.000000980. The van der Waals surface area contributed by atoms with E-state index in [4.69, 9.17) is 0 Å². The van der Waals surface area contributed by atoms with Crippen molar-refractivity contribution < 1.29 is 19.5 Å². The predicted molar refractivity (Wildman–Crippen MR) is 61.8 cm³/mol. The summed E-state index contributed by atoms with van der Waals surface area (Å²) in [4.78, 5) is 0. The first-order valence-corrected chi connectivity index (χ1v) is 9.58. The molecule has 0 spiro atoms. The van der Waals surface area contributed by atoms with Crippen LogP contribution in [0.25, 0.3) is 0 Å². The normalized spacial score (nSPS) is 24.0. The third-order valence-electron chi connectivity index (χ3n) is 1.52. The van der Waals surface area contributed by atoms with Crippen molar-refractivity contribution in [2.45, 2.75) is 0 Å². The van der Waals surface area contributed by atoms with Gasteiger partial charge in [0.05, 0.1) is 0 Å². The van der Waals surface area contributed by atoms with Crippen LogP contribution in [-0.4, -0.2) is 12.7 Å². The van der Waals surface area contributed by atoms with Crippen molar-refractivity contribution in [3.63, 3.8) is 0 Å². The molecule has 0 nitrogen and oxygen atoms in total. The minimum absolute atomic E-state index is 0. The monoisotopic (exact) mass is 374 g/mol. The van der Waals surface area contributed by atoms with Crippen LogP contribution in [0.15, 0.2) is 0 Å². The van der Waals surface area contributed by atoms with Gasteiger partial charge in [-0.05, 0) is 0 Å². The van der Waals surface area contributed by atoms with E-state index < -0.39 is 0 Å². The van der Waals surface area contributed by atoms with Crippen molar-refractivity contribution in [2.24, 2.45) is 0 Å². The Hall–Kier alpha value is 1.84. The van der Waals surface area contributed by atoms with Gasteiger partial charge in [-0.1, -0.05) is 0 Å². The average Bonchev–Trinajstić information content (AvgIpc) is 2.75. The molecule has 2 aliphatic carbocycles. The van der Waals surface area contributed by atoms with Gasteiger partial charge < -0.3 is 0 Å². The van der Waals surface area contributed by atoms with E-state index in [-0.39, 0.29) is 19.5 Å². The first-order chi connectivity index (χ1) is 6.45. The van der Waals surface area contributed by atoms with Gasteiger partial charge in [-0.15, -0.1) is 0 Å². The summed E-state index contributed by atoms with van der Waals surface area (Å²) in [6.45, 7) is 0. The molecule has 0 aliphatic heterocycles. The van der Waals surface area contributed by atoms with Gasteiger partial charge in [0.1, 0.15) is 0 Å². The van der Waals surface area contributed by atoms with Gasteiger partial charge in [-0.3, -0.25) is 0 Å². The SMILES string of the molecule is [CH]1[CH][CH][C](S[Se]S[C]2[CH][CH][CH][CH]2)[CH]1.[Ru]. The summed E-state index contributed by atoms with van der Waals surface area (Å²) in [7, 11) is 3.90.